The maximum atomic E-state index is 13.2. The third-order valence-corrected chi connectivity index (χ3v) is 9.53. The Kier molecular flexibility index (Phi) is 6.61. The van der Waals surface area contributed by atoms with Gasteiger partial charge in [0.25, 0.3) is 0 Å². The summed E-state index contributed by atoms with van der Waals surface area (Å²) in [4.78, 5) is 24.1. The second-order valence-corrected chi connectivity index (χ2v) is 10.5. The molecule has 0 aliphatic heterocycles. The first-order valence-corrected chi connectivity index (χ1v) is 12.1. The fraction of sp³-hybridized carbons (Fsp3) is 0.920. The van der Waals surface area contributed by atoms with Crippen molar-refractivity contribution in [3.8, 4) is 0 Å². The first-order valence-electron chi connectivity index (χ1n) is 12.1. The molecule has 0 bridgehead atoms. The highest BCUT2D eigenvalue weighted by Crippen LogP contribution is 2.67. The van der Waals surface area contributed by atoms with Gasteiger partial charge in [-0.05, 0) is 85.9 Å². The molecule has 0 aromatic heterocycles. The summed E-state index contributed by atoms with van der Waals surface area (Å²) in [6, 6.07) is 0. The molecule has 0 heterocycles. The van der Waals surface area contributed by atoms with Gasteiger partial charge in [0, 0.05) is 18.8 Å². The Bertz CT molecular complexity index is 584. The number of carboxylic acids is 1. The molecule has 0 amide bonds. The van der Waals surface area contributed by atoms with Crippen molar-refractivity contribution in [1.29, 1.82) is 0 Å². The van der Waals surface area contributed by atoms with Gasteiger partial charge < -0.3 is 5.11 Å². The SMILES string of the molecule is CC.CC12CCC3C(C(=O)CC4CCCCC43C)C1CCC2CCCC(=O)O. The van der Waals surface area contributed by atoms with Crippen molar-refractivity contribution in [2.24, 2.45) is 40.4 Å². The molecule has 0 saturated heterocycles. The summed E-state index contributed by atoms with van der Waals surface area (Å²) in [5.41, 5.74) is 0.673. The van der Waals surface area contributed by atoms with Crippen molar-refractivity contribution in [1.82, 2.24) is 0 Å². The molecule has 4 aliphatic carbocycles. The third kappa shape index (κ3) is 3.56. The maximum absolute atomic E-state index is 13.2. The topological polar surface area (TPSA) is 54.4 Å². The molecule has 3 nitrogen and oxygen atoms in total. The highest BCUT2D eigenvalue weighted by atomic mass is 16.4. The molecule has 4 rings (SSSR count). The molecule has 0 radical (unpaired) electrons. The molecule has 28 heavy (non-hydrogen) atoms. The molecule has 0 aromatic carbocycles. The van der Waals surface area contributed by atoms with Crippen LogP contribution >= 0.6 is 0 Å². The van der Waals surface area contributed by atoms with Crippen LogP contribution in [0.25, 0.3) is 0 Å². The first-order chi connectivity index (χ1) is 13.4. The lowest BCUT2D eigenvalue weighted by Gasteiger charge is -2.59. The zero-order chi connectivity index (χ0) is 20.5. The van der Waals surface area contributed by atoms with Crippen molar-refractivity contribution in [3.63, 3.8) is 0 Å². The van der Waals surface area contributed by atoms with Crippen LogP contribution in [-0.2, 0) is 9.59 Å². The van der Waals surface area contributed by atoms with Gasteiger partial charge in [0.05, 0.1) is 0 Å². The van der Waals surface area contributed by atoms with E-state index in [0.29, 0.717) is 47.2 Å². The van der Waals surface area contributed by atoms with Crippen LogP contribution in [-0.4, -0.2) is 16.9 Å². The van der Waals surface area contributed by atoms with Gasteiger partial charge in [-0.25, -0.2) is 0 Å². The van der Waals surface area contributed by atoms with E-state index in [9.17, 15) is 9.59 Å². The van der Waals surface area contributed by atoms with Crippen LogP contribution in [0.15, 0.2) is 0 Å². The predicted molar refractivity (Wildman–Crippen MR) is 113 cm³/mol. The van der Waals surface area contributed by atoms with Gasteiger partial charge in [-0.15, -0.1) is 0 Å². The van der Waals surface area contributed by atoms with E-state index in [1.807, 2.05) is 13.8 Å². The van der Waals surface area contributed by atoms with E-state index in [1.54, 1.807) is 0 Å². The van der Waals surface area contributed by atoms with Crippen LogP contribution in [0.5, 0.6) is 0 Å². The van der Waals surface area contributed by atoms with Crippen LogP contribution < -0.4 is 0 Å². The van der Waals surface area contributed by atoms with Crippen LogP contribution in [0.4, 0.5) is 0 Å². The summed E-state index contributed by atoms with van der Waals surface area (Å²) in [7, 11) is 0. The van der Waals surface area contributed by atoms with E-state index in [-0.39, 0.29) is 5.41 Å². The van der Waals surface area contributed by atoms with Gasteiger partial charge >= 0.3 is 5.97 Å². The Balaban J connectivity index is 0.00000109. The number of hydrogen-bond acceptors (Lipinski definition) is 2. The standard InChI is InChI=1S/C23H36O3.C2H6/c1-22-12-4-3-6-16(22)14-19(24)21-17-10-9-15(7-5-8-20(25)26)23(17,2)13-11-18(21)22;1-2/h15-18,21H,3-14H2,1-2H3,(H,25,26);1-2H3. The van der Waals surface area contributed by atoms with Gasteiger partial charge in [-0.1, -0.05) is 40.5 Å². The van der Waals surface area contributed by atoms with E-state index in [0.717, 1.165) is 19.3 Å². The normalized spacial score (nSPS) is 44.6. The number of aliphatic carboxylic acids is 1. The number of ketones is 1. The molecule has 4 saturated carbocycles. The number of rotatable bonds is 4. The Morgan fingerprint density at radius 2 is 1.71 bits per heavy atom. The maximum Gasteiger partial charge on any atom is 0.303 e. The van der Waals surface area contributed by atoms with Crippen LogP contribution in [0.2, 0.25) is 0 Å². The Morgan fingerprint density at radius 1 is 1.00 bits per heavy atom. The number of carboxylic acid groups (broad SMARTS) is 1. The lowest BCUT2D eigenvalue weighted by molar-refractivity contribution is -0.155. The van der Waals surface area contributed by atoms with Crippen molar-refractivity contribution >= 4 is 11.8 Å². The molecule has 0 aromatic rings. The monoisotopic (exact) mass is 390 g/mol. The number of hydrogen-bond donors (Lipinski definition) is 1. The lowest BCUT2D eigenvalue weighted by Crippen LogP contribution is -2.56. The summed E-state index contributed by atoms with van der Waals surface area (Å²) in [6.07, 6.45) is 13.1. The third-order valence-electron chi connectivity index (χ3n) is 9.53. The average Bonchev–Trinajstić information content (AvgIpc) is 3.00. The molecule has 7 atom stereocenters. The summed E-state index contributed by atoms with van der Waals surface area (Å²) in [5.74, 6) is 2.65. The first kappa shape index (κ1) is 21.8. The molecular formula is C25H42O3. The van der Waals surface area contributed by atoms with Gasteiger partial charge in [-0.3, -0.25) is 9.59 Å². The van der Waals surface area contributed by atoms with Gasteiger partial charge in [0.15, 0.2) is 0 Å². The van der Waals surface area contributed by atoms with Crippen molar-refractivity contribution in [2.45, 2.75) is 105 Å². The number of fused-ring (bicyclic) bond motifs is 5. The second-order valence-electron chi connectivity index (χ2n) is 10.5. The molecule has 7 unspecified atom stereocenters. The van der Waals surface area contributed by atoms with Crippen LogP contribution in [0.3, 0.4) is 0 Å². The van der Waals surface area contributed by atoms with Crippen molar-refractivity contribution in [3.05, 3.63) is 0 Å². The lowest BCUT2D eigenvalue weighted by atomic mass is 9.44. The number of carbonyl (C=O) groups excluding carboxylic acids is 1. The summed E-state index contributed by atoms with van der Waals surface area (Å²) < 4.78 is 0. The molecule has 0 spiro atoms. The predicted octanol–water partition coefficient (Wildman–Crippen LogP) is 6.50. The van der Waals surface area contributed by atoms with Crippen molar-refractivity contribution in [2.75, 3.05) is 0 Å². The zero-order valence-corrected chi connectivity index (χ0v) is 18.6. The van der Waals surface area contributed by atoms with E-state index in [1.165, 1.54) is 51.4 Å². The molecule has 4 aliphatic rings. The average molecular weight is 391 g/mol. The van der Waals surface area contributed by atoms with E-state index < -0.39 is 5.97 Å². The fourth-order valence-electron chi connectivity index (χ4n) is 8.04. The fourth-order valence-corrected chi connectivity index (χ4v) is 8.04. The van der Waals surface area contributed by atoms with Gasteiger partial charge in [-0.2, -0.15) is 0 Å². The molecule has 160 valence electrons. The van der Waals surface area contributed by atoms with E-state index in [2.05, 4.69) is 13.8 Å². The number of carbonyl (C=O) groups is 2. The molecular weight excluding hydrogens is 348 g/mol. The molecule has 4 fully saturated rings. The van der Waals surface area contributed by atoms with Gasteiger partial charge in [0.2, 0.25) is 0 Å². The highest BCUT2D eigenvalue weighted by Gasteiger charge is 2.61. The summed E-state index contributed by atoms with van der Waals surface area (Å²) in [6.45, 7) is 8.96. The molecule has 1 N–H and O–H groups in total. The van der Waals surface area contributed by atoms with Crippen LogP contribution in [0, 0.1) is 40.4 Å². The summed E-state index contributed by atoms with van der Waals surface area (Å²) >= 11 is 0. The quantitative estimate of drug-likeness (QED) is 0.596. The number of Topliss-reactive ketones (excluding diaryl/α,β-unsaturated/α-hetero) is 1. The van der Waals surface area contributed by atoms with Crippen molar-refractivity contribution < 1.29 is 14.7 Å². The van der Waals surface area contributed by atoms with Gasteiger partial charge in [0.1, 0.15) is 5.78 Å². The van der Waals surface area contributed by atoms with E-state index >= 15 is 0 Å². The minimum absolute atomic E-state index is 0.271. The largest absolute Gasteiger partial charge is 0.481 e. The summed E-state index contributed by atoms with van der Waals surface area (Å²) in [5, 5.41) is 8.97. The van der Waals surface area contributed by atoms with Crippen LogP contribution in [0.1, 0.15) is 105 Å². The zero-order valence-electron chi connectivity index (χ0n) is 18.6. The Morgan fingerprint density at radius 3 is 2.43 bits per heavy atom. The smallest absolute Gasteiger partial charge is 0.303 e. The minimum atomic E-state index is -0.674. The molecule has 3 heteroatoms. The van der Waals surface area contributed by atoms with E-state index in [4.69, 9.17) is 5.11 Å². The highest BCUT2D eigenvalue weighted by molar-refractivity contribution is 5.83. The Hall–Kier alpha value is -0.860. The second kappa shape index (κ2) is 8.48. The Labute approximate surface area is 172 Å². The minimum Gasteiger partial charge on any atom is -0.481 e.